The van der Waals surface area contributed by atoms with E-state index in [1.165, 1.54) is 10.6 Å². The number of benzene rings is 1. The number of aromatic nitrogens is 2. The van der Waals surface area contributed by atoms with Crippen molar-refractivity contribution in [1.82, 2.24) is 9.55 Å². The minimum Gasteiger partial charge on any atom is -0.486 e. The van der Waals surface area contributed by atoms with Gasteiger partial charge in [-0.1, -0.05) is 6.07 Å². The number of aromatic amines is 1. The summed E-state index contributed by atoms with van der Waals surface area (Å²) in [5, 5.41) is 0. The summed E-state index contributed by atoms with van der Waals surface area (Å²) >= 11 is 0. The maximum atomic E-state index is 11.7. The van der Waals surface area contributed by atoms with Crippen LogP contribution in [0.1, 0.15) is 5.56 Å². The van der Waals surface area contributed by atoms with Crippen molar-refractivity contribution in [2.45, 2.75) is 13.0 Å². The monoisotopic (exact) mass is 289 g/mol. The summed E-state index contributed by atoms with van der Waals surface area (Å²) in [5.74, 6) is 1.59. The average molecular weight is 289 g/mol. The molecule has 2 heterocycles. The minimum atomic E-state index is -0.502. The number of H-pyrrole nitrogens is 1. The number of rotatable bonds is 3. The zero-order valence-corrected chi connectivity index (χ0v) is 11.3. The molecule has 0 unspecified atom stereocenters. The Morgan fingerprint density at radius 1 is 1.14 bits per heavy atom. The molecule has 0 radical (unpaired) electrons. The van der Waals surface area contributed by atoms with E-state index in [4.69, 9.17) is 15.2 Å². The lowest BCUT2D eigenvalue weighted by Crippen LogP contribution is -2.31. The van der Waals surface area contributed by atoms with Crippen LogP contribution in [-0.4, -0.2) is 22.8 Å². The summed E-state index contributed by atoms with van der Waals surface area (Å²) in [5.41, 5.74) is 5.70. The highest BCUT2D eigenvalue weighted by Gasteiger charge is 2.12. The van der Waals surface area contributed by atoms with Crippen molar-refractivity contribution in [2.24, 2.45) is 0 Å². The summed E-state index contributed by atoms with van der Waals surface area (Å²) in [6.45, 7) is 1.46. The van der Waals surface area contributed by atoms with Crippen LogP contribution in [0.4, 0.5) is 5.82 Å². The number of nitrogens with zero attached hydrogens (tertiary/aromatic N) is 1. The summed E-state index contributed by atoms with van der Waals surface area (Å²) in [4.78, 5) is 25.0. The molecule has 3 rings (SSSR count). The Hall–Kier alpha value is -2.70. The molecule has 110 valence electrons. The molecule has 1 aromatic heterocycles. The average Bonchev–Trinajstić information content (AvgIpc) is 2.46. The molecule has 0 saturated carbocycles. The van der Waals surface area contributed by atoms with Gasteiger partial charge in [0.25, 0.3) is 5.56 Å². The molecule has 21 heavy (non-hydrogen) atoms. The minimum absolute atomic E-state index is 0.154. The number of anilines is 1. The Bertz CT molecular complexity index is 779. The molecule has 0 fully saturated rings. The second-order valence-corrected chi connectivity index (χ2v) is 4.74. The molecule has 0 saturated heterocycles. The van der Waals surface area contributed by atoms with Gasteiger partial charge in [0, 0.05) is 12.6 Å². The van der Waals surface area contributed by atoms with E-state index in [-0.39, 0.29) is 5.82 Å². The molecule has 0 atom stereocenters. The van der Waals surface area contributed by atoms with Crippen LogP contribution in [0.25, 0.3) is 0 Å². The standard InChI is InChI=1S/C14H15N3O4/c15-12-8-13(18)16-14(19)17(12)4-3-9-1-2-10-11(7-9)21-6-5-20-10/h1-2,7-8H,3-6,15H2,(H,16,18,19). The fourth-order valence-electron chi connectivity index (χ4n) is 2.25. The fraction of sp³-hybridized carbons (Fsp3) is 0.286. The highest BCUT2D eigenvalue weighted by Crippen LogP contribution is 2.30. The number of aryl methyl sites for hydroxylation is 1. The van der Waals surface area contributed by atoms with Gasteiger partial charge < -0.3 is 15.2 Å². The SMILES string of the molecule is Nc1cc(=O)[nH]c(=O)n1CCc1ccc2c(c1)OCCO2. The molecule has 1 aliphatic heterocycles. The van der Waals surface area contributed by atoms with Gasteiger partial charge in [-0.25, -0.2) is 4.79 Å². The number of nitrogens with two attached hydrogens (primary N) is 1. The van der Waals surface area contributed by atoms with E-state index in [0.29, 0.717) is 31.9 Å². The number of fused-ring (bicyclic) bond motifs is 1. The fourth-order valence-corrected chi connectivity index (χ4v) is 2.25. The zero-order chi connectivity index (χ0) is 14.8. The predicted octanol–water partition coefficient (Wildman–Crippen LogP) is 0.133. The van der Waals surface area contributed by atoms with E-state index in [1.807, 2.05) is 18.2 Å². The van der Waals surface area contributed by atoms with E-state index < -0.39 is 11.2 Å². The molecule has 1 aliphatic rings. The number of hydrogen-bond donors (Lipinski definition) is 2. The molecular formula is C14H15N3O4. The Morgan fingerprint density at radius 2 is 1.90 bits per heavy atom. The van der Waals surface area contributed by atoms with E-state index in [0.717, 1.165) is 11.3 Å². The molecule has 3 N–H and O–H groups in total. The van der Waals surface area contributed by atoms with Crippen LogP contribution in [0.3, 0.4) is 0 Å². The van der Waals surface area contributed by atoms with Gasteiger partial charge in [-0.05, 0) is 24.1 Å². The van der Waals surface area contributed by atoms with E-state index >= 15 is 0 Å². The van der Waals surface area contributed by atoms with Crippen LogP contribution < -0.4 is 26.5 Å². The van der Waals surface area contributed by atoms with E-state index in [1.54, 1.807) is 0 Å². The summed E-state index contributed by atoms with van der Waals surface area (Å²) in [7, 11) is 0. The first-order valence-electron chi connectivity index (χ1n) is 6.61. The van der Waals surface area contributed by atoms with Crippen molar-refractivity contribution in [3.8, 4) is 11.5 Å². The molecule has 2 aromatic rings. The van der Waals surface area contributed by atoms with Crippen LogP contribution in [0.2, 0.25) is 0 Å². The van der Waals surface area contributed by atoms with Crippen molar-refractivity contribution in [3.63, 3.8) is 0 Å². The highest BCUT2D eigenvalue weighted by molar-refractivity contribution is 5.43. The van der Waals surface area contributed by atoms with Gasteiger partial charge in [0.15, 0.2) is 11.5 Å². The third-order valence-electron chi connectivity index (χ3n) is 3.30. The first-order chi connectivity index (χ1) is 10.1. The molecule has 0 spiro atoms. The van der Waals surface area contributed by atoms with Crippen molar-refractivity contribution in [3.05, 3.63) is 50.7 Å². The van der Waals surface area contributed by atoms with E-state index in [9.17, 15) is 9.59 Å². The van der Waals surface area contributed by atoms with Crippen LogP contribution in [0.15, 0.2) is 33.9 Å². The van der Waals surface area contributed by atoms with Gasteiger partial charge in [-0.15, -0.1) is 0 Å². The third kappa shape index (κ3) is 2.76. The maximum absolute atomic E-state index is 11.7. The normalized spacial score (nSPS) is 13.1. The lowest BCUT2D eigenvalue weighted by molar-refractivity contribution is 0.171. The molecule has 1 aromatic carbocycles. The Balaban J connectivity index is 1.79. The Morgan fingerprint density at radius 3 is 2.67 bits per heavy atom. The van der Waals surface area contributed by atoms with Gasteiger partial charge in [0.05, 0.1) is 0 Å². The molecule has 0 bridgehead atoms. The second kappa shape index (κ2) is 5.35. The second-order valence-electron chi connectivity index (χ2n) is 4.74. The van der Waals surface area contributed by atoms with E-state index in [2.05, 4.69) is 4.98 Å². The summed E-state index contributed by atoms with van der Waals surface area (Å²) in [6, 6.07) is 6.86. The van der Waals surface area contributed by atoms with Crippen LogP contribution in [-0.2, 0) is 13.0 Å². The zero-order valence-electron chi connectivity index (χ0n) is 11.3. The van der Waals surface area contributed by atoms with Gasteiger partial charge in [-0.3, -0.25) is 14.3 Å². The van der Waals surface area contributed by atoms with Gasteiger partial charge >= 0.3 is 5.69 Å². The van der Waals surface area contributed by atoms with Gasteiger partial charge in [0.2, 0.25) is 0 Å². The number of nitrogen functional groups attached to an aromatic ring is 1. The van der Waals surface area contributed by atoms with Crippen molar-refractivity contribution >= 4 is 5.82 Å². The van der Waals surface area contributed by atoms with Crippen LogP contribution >= 0.6 is 0 Å². The quantitative estimate of drug-likeness (QED) is 0.837. The van der Waals surface area contributed by atoms with Gasteiger partial charge in [-0.2, -0.15) is 0 Å². The van der Waals surface area contributed by atoms with Crippen molar-refractivity contribution in [1.29, 1.82) is 0 Å². The highest BCUT2D eigenvalue weighted by atomic mass is 16.6. The molecule has 7 heteroatoms. The lowest BCUT2D eigenvalue weighted by atomic mass is 10.1. The first-order valence-corrected chi connectivity index (χ1v) is 6.61. The van der Waals surface area contributed by atoms with Crippen LogP contribution in [0, 0.1) is 0 Å². The maximum Gasteiger partial charge on any atom is 0.329 e. The van der Waals surface area contributed by atoms with Gasteiger partial charge in [0.1, 0.15) is 19.0 Å². The Labute approximate surface area is 119 Å². The lowest BCUT2D eigenvalue weighted by Gasteiger charge is -2.19. The van der Waals surface area contributed by atoms with Crippen molar-refractivity contribution < 1.29 is 9.47 Å². The van der Waals surface area contributed by atoms with Crippen molar-refractivity contribution in [2.75, 3.05) is 18.9 Å². The number of hydrogen-bond acceptors (Lipinski definition) is 5. The largest absolute Gasteiger partial charge is 0.486 e. The number of ether oxygens (including phenoxy) is 2. The summed E-state index contributed by atoms with van der Waals surface area (Å²) in [6.07, 6.45) is 0.590. The first kappa shape index (κ1) is 13.3. The third-order valence-corrected chi connectivity index (χ3v) is 3.30. The molecule has 0 aliphatic carbocycles. The van der Waals surface area contributed by atoms with Crippen LogP contribution in [0.5, 0.6) is 11.5 Å². The molecular weight excluding hydrogens is 274 g/mol. The molecule has 0 amide bonds. The topological polar surface area (TPSA) is 99.3 Å². The number of nitrogens with one attached hydrogen (secondary N) is 1. The Kier molecular flexibility index (Phi) is 3.39. The molecule has 7 nitrogen and oxygen atoms in total. The smallest absolute Gasteiger partial charge is 0.329 e. The predicted molar refractivity (Wildman–Crippen MR) is 76.9 cm³/mol. The summed E-state index contributed by atoms with van der Waals surface area (Å²) < 4.78 is 12.3.